The van der Waals surface area contributed by atoms with Crippen LogP contribution in [-0.4, -0.2) is 13.2 Å². The molecular formula is C32H35F3O2. The molecule has 0 unspecified atom stereocenters. The Morgan fingerprint density at radius 2 is 1.43 bits per heavy atom. The van der Waals surface area contributed by atoms with Crippen molar-refractivity contribution in [2.75, 3.05) is 13.2 Å². The second-order valence-corrected chi connectivity index (χ2v) is 9.67. The van der Waals surface area contributed by atoms with Crippen molar-refractivity contribution >= 4 is 0 Å². The Labute approximate surface area is 218 Å². The normalized spacial score (nSPS) is 18.0. The maximum Gasteiger partial charge on any atom is 0.183 e. The molecule has 0 atom stereocenters. The summed E-state index contributed by atoms with van der Waals surface area (Å²) in [5, 5.41) is 0. The van der Waals surface area contributed by atoms with Crippen LogP contribution in [0.15, 0.2) is 66.7 Å². The number of hydrogen-bond donors (Lipinski definition) is 0. The average molecular weight is 509 g/mol. The molecule has 0 saturated carbocycles. The monoisotopic (exact) mass is 508 g/mol. The van der Waals surface area contributed by atoms with Gasteiger partial charge in [-0.15, -0.1) is 0 Å². The molecule has 1 fully saturated rings. The van der Waals surface area contributed by atoms with E-state index in [9.17, 15) is 8.78 Å². The van der Waals surface area contributed by atoms with Crippen LogP contribution >= 0.6 is 0 Å². The number of hydrogen-bond acceptors (Lipinski definition) is 2. The van der Waals surface area contributed by atoms with E-state index in [-0.39, 0.29) is 11.5 Å². The zero-order valence-corrected chi connectivity index (χ0v) is 21.6. The van der Waals surface area contributed by atoms with Gasteiger partial charge in [0.15, 0.2) is 17.9 Å². The highest BCUT2D eigenvalue weighted by atomic mass is 19.2. The molecule has 0 N–H and O–H groups in total. The van der Waals surface area contributed by atoms with Crippen LogP contribution in [0, 0.1) is 23.4 Å². The molecule has 37 heavy (non-hydrogen) atoms. The minimum Gasteiger partial charge on any atom is -0.348 e. The minimum atomic E-state index is -0.835. The van der Waals surface area contributed by atoms with E-state index >= 15 is 4.39 Å². The lowest BCUT2D eigenvalue weighted by Gasteiger charge is -2.28. The van der Waals surface area contributed by atoms with E-state index in [1.165, 1.54) is 12.5 Å². The van der Waals surface area contributed by atoms with E-state index in [4.69, 9.17) is 9.47 Å². The van der Waals surface area contributed by atoms with Gasteiger partial charge in [0.05, 0.1) is 13.2 Å². The third-order valence-corrected chi connectivity index (χ3v) is 6.87. The summed E-state index contributed by atoms with van der Waals surface area (Å²) in [4.78, 5) is 0. The van der Waals surface area contributed by atoms with E-state index in [0.29, 0.717) is 47.5 Å². The molecule has 0 bridgehead atoms. The number of aryl methyl sites for hydroxylation is 1. The lowest BCUT2D eigenvalue weighted by Crippen LogP contribution is -2.25. The Kier molecular flexibility index (Phi) is 9.59. The molecule has 196 valence electrons. The van der Waals surface area contributed by atoms with Crippen molar-refractivity contribution in [3.63, 3.8) is 0 Å². The van der Waals surface area contributed by atoms with E-state index in [1.54, 1.807) is 48.5 Å². The second kappa shape index (κ2) is 13.1. The minimum absolute atomic E-state index is 0.203. The Balaban J connectivity index is 1.44. The molecule has 0 aliphatic carbocycles. The Bertz CT molecular complexity index is 1200. The first kappa shape index (κ1) is 27.2. The first-order valence-corrected chi connectivity index (χ1v) is 13.2. The zero-order valence-electron chi connectivity index (χ0n) is 21.6. The topological polar surface area (TPSA) is 18.5 Å². The number of halogens is 3. The van der Waals surface area contributed by atoms with Gasteiger partial charge in [0.25, 0.3) is 0 Å². The predicted octanol–water partition coefficient (Wildman–Crippen LogP) is 9.19. The maximum atomic E-state index is 15.0. The quantitative estimate of drug-likeness (QED) is 0.201. The van der Waals surface area contributed by atoms with Crippen molar-refractivity contribution in [2.24, 2.45) is 5.92 Å². The largest absolute Gasteiger partial charge is 0.348 e. The van der Waals surface area contributed by atoms with Gasteiger partial charge in [-0.05, 0) is 42.5 Å². The van der Waals surface area contributed by atoms with Crippen LogP contribution in [0.1, 0.15) is 63.4 Å². The van der Waals surface area contributed by atoms with Gasteiger partial charge in [-0.25, -0.2) is 13.2 Å². The highest BCUT2D eigenvalue weighted by Gasteiger charge is 2.23. The van der Waals surface area contributed by atoms with E-state index in [2.05, 4.69) is 6.92 Å². The summed E-state index contributed by atoms with van der Waals surface area (Å²) >= 11 is 0. The fourth-order valence-corrected chi connectivity index (χ4v) is 4.76. The third kappa shape index (κ3) is 6.71. The number of ether oxygens (including phenoxy) is 2. The van der Waals surface area contributed by atoms with Crippen LogP contribution in [0.4, 0.5) is 13.2 Å². The first-order valence-electron chi connectivity index (χ1n) is 13.2. The van der Waals surface area contributed by atoms with Crippen LogP contribution in [0.3, 0.4) is 0 Å². The number of allylic oxidation sites excluding steroid dienone is 1. The molecule has 0 amide bonds. The van der Waals surface area contributed by atoms with Crippen molar-refractivity contribution in [3.05, 3.63) is 95.3 Å². The Morgan fingerprint density at radius 3 is 2.08 bits per heavy atom. The molecule has 1 aliphatic heterocycles. The van der Waals surface area contributed by atoms with E-state index in [0.717, 1.165) is 25.7 Å². The summed E-state index contributed by atoms with van der Waals surface area (Å²) in [5.74, 6) is -1.80. The summed E-state index contributed by atoms with van der Waals surface area (Å²) in [6, 6.07) is 15.1. The SMILES string of the molecule is C/C=C/C1COC(c2ccc(-c3ccc(-c4ccc(CCCCCCC)c(F)c4F)cc3)c(F)c2)OC1. The van der Waals surface area contributed by atoms with Crippen molar-refractivity contribution in [1.29, 1.82) is 0 Å². The number of unbranched alkanes of at least 4 members (excludes halogenated alkanes) is 4. The van der Waals surface area contributed by atoms with Crippen molar-refractivity contribution in [1.82, 2.24) is 0 Å². The molecule has 0 spiro atoms. The molecule has 0 radical (unpaired) electrons. The fraction of sp³-hybridized carbons (Fsp3) is 0.375. The average Bonchev–Trinajstić information content (AvgIpc) is 2.92. The Hall–Kier alpha value is -2.89. The first-order chi connectivity index (χ1) is 18.0. The molecule has 5 heteroatoms. The van der Waals surface area contributed by atoms with Gasteiger partial charge in [-0.1, -0.05) is 93.3 Å². The predicted molar refractivity (Wildman–Crippen MR) is 143 cm³/mol. The van der Waals surface area contributed by atoms with Crippen molar-refractivity contribution < 1.29 is 22.6 Å². The van der Waals surface area contributed by atoms with Crippen LogP contribution in [0.25, 0.3) is 22.3 Å². The smallest absolute Gasteiger partial charge is 0.183 e. The lowest BCUT2D eigenvalue weighted by molar-refractivity contribution is -0.197. The van der Waals surface area contributed by atoms with Gasteiger partial charge < -0.3 is 9.47 Å². The molecule has 1 aliphatic rings. The van der Waals surface area contributed by atoms with Crippen LogP contribution in [0.5, 0.6) is 0 Å². The molecule has 3 aromatic carbocycles. The third-order valence-electron chi connectivity index (χ3n) is 6.87. The van der Waals surface area contributed by atoms with Gasteiger partial charge in [0.1, 0.15) is 5.82 Å². The molecule has 2 nitrogen and oxygen atoms in total. The van der Waals surface area contributed by atoms with Gasteiger partial charge in [-0.2, -0.15) is 0 Å². The van der Waals surface area contributed by atoms with Gasteiger partial charge in [0, 0.05) is 22.6 Å². The summed E-state index contributed by atoms with van der Waals surface area (Å²) in [7, 11) is 0. The van der Waals surface area contributed by atoms with Gasteiger partial charge in [-0.3, -0.25) is 0 Å². The van der Waals surface area contributed by atoms with Crippen LogP contribution < -0.4 is 0 Å². The van der Waals surface area contributed by atoms with Gasteiger partial charge >= 0.3 is 0 Å². The maximum absolute atomic E-state index is 15.0. The Morgan fingerprint density at radius 1 is 0.784 bits per heavy atom. The van der Waals surface area contributed by atoms with E-state index < -0.39 is 23.7 Å². The molecule has 3 aromatic rings. The number of rotatable bonds is 10. The summed E-state index contributed by atoms with van der Waals surface area (Å²) in [6.45, 7) is 5.15. The number of benzene rings is 3. The van der Waals surface area contributed by atoms with Crippen molar-refractivity contribution in [2.45, 2.75) is 58.7 Å². The second-order valence-electron chi connectivity index (χ2n) is 9.67. The van der Waals surface area contributed by atoms with Crippen LogP contribution in [-0.2, 0) is 15.9 Å². The standard InChI is InChI=1S/C32H35F3O2/c1-3-5-6-7-8-10-25-15-18-28(31(35)30(25)34)24-13-11-23(12-14-24)27-17-16-26(19-29(27)33)32-36-20-22(9-4-2)21-37-32/h4,9,11-19,22,32H,3,5-8,10,20-21H2,1-2H3/b9-4+. The molecular weight excluding hydrogens is 473 g/mol. The summed E-state index contributed by atoms with van der Waals surface area (Å²) < 4.78 is 56.1. The van der Waals surface area contributed by atoms with Crippen molar-refractivity contribution in [3.8, 4) is 22.3 Å². The molecule has 4 rings (SSSR count). The zero-order chi connectivity index (χ0) is 26.2. The molecule has 1 saturated heterocycles. The molecule has 0 aromatic heterocycles. The summed E-state index contributed by atoms with van der Waals surface area (Å²) in [6.07, 6.45) is 9.25. The fourth-order valence-electron chi connectivity index (χ4n) is 4.76. The highest BCUT2D eigenvalue weighted by molar-refractivity contribution is 5.71. The highest BCUT2D eigenvalue weighted by Crippen LogP contribution is 2.32. The summed E-state index contributed by atoms with van der Waals surface area (Å²) in [5.41, 5.74) is 2.86. The van der Waals surface area contributed by atoms with E-state index in [1.807, 2.05) is 19.1 Å². The molecule has 1 heterocycles. The van der Waals surface area contributed by atoms with Crippen LogP contribution in [0.2, 0.25) is 0 Å². The lowest BCUT2D eigenvalue weighted by atomic mass is 9.97. The van der Waals surface area contributed by atoms with Gasteiger partial charge in [0.2, 0.25) is 0 Å².